The molecule has 0 aromatic heterocycles. The van der Waals surface area contributed by atoms with Gasteiger partial charge in [0.05, 0.1) is 5.92 Å². The van der Waals surface area contributed by atoms with Gasteiger partial charge >= 0.3 is 0 Å². The van der Waals surface area contributed by atoms with E-state index < -0.39 is 0 Å². The first-order valence-electron chi connectivity index (χ1n) is 5.06. The van der Waals surface area contributed by atoms with Gasteiger partial charge in [-0.05, 0) is 25.7 Å². The lowest BCUT2D eigenvalue weighted by Gasteiger charge is -2.15. The highest BCUT2D eigenvalue weighted by Gasteiger charge is 2.40. The molecule has 0 heterocycles. The molecule has 0 bridgehead atoms. The second kappa shape index (κ2) is 4.09. The maximum atomic E-state index is 11.4. The Labute approximate surface area is 80.1 Å². The number of amides is 1. The molecule has 1 fully saturated rings. The van der Waals surface area contributed by atoms with Crippen LogP contribution in [0.4, 0.5) is 0 Å². The van der Waals surface area contributed by atoms with Crippen LogP contribution in [0.1, 0.15) is 33.6 Å². The van der Waals surface area contributed by atoms with Crippen molar-refractivity contribution >= 4 is 5.91 Å². The number of hydrogen-bond donors (Lipinski definition) is 2. The van der Waals surface area contributed by atoms with E-state index in [0.29, 0.717) is 5.92 Å². The molecule has 0 saturated heterocycles. The molecule has 1 aliphatic carbocycles. The molecular formula is C10H20N2O. The first-order chi connectivity index (χ1) is 6.00. The van der Waals surface area contributed by atoms with E-state index in [-0.39, 0.29) is 23.9 Å². The van der Waals surface area contributed by atoms with Crippen LogP contribution in [0.25, 0.3) is 0 Å². The van der Waals surface area contributed by atoms with Crippen LogP contribution in [-0.4, -0.2) is 18.0 Å². The molecule has 1 amide bonds. The van der Waals surface area contributed by atoms with Gasteiger partial charge in [-0.1, -0.05) is 13.8 Å². The Morgan fingerprint density at radius 2 is 2.08 bits per heavy atom. The Kier molecular flexibility index (Phi) is 3.31. The predicted octanol–water partition coefficient (Wildman–Crippen LogP) is 0.884. The minimum Gasteiger partial charge on any atom is -0.353 e. The van der Waals surface area contributed by atoms with Crippen molar-refractivity contribution in [3.63, 3.8) is 0 Å². The van der Waals surface area contributed by atoms with Crippen LogP contribution >= 0.6 is 0 Å². The monoisotopic (exact) mass is 184 g/mol. The highest BCUT2D eigenvalue weighted by Crippen LogP contribution is 2.27. The van der Waals surface area contributed by atoms with Crippen LogP contribution in [0.5, 0.6) is 0 Å². The summed E-state index contributed by atoms with van der Waals surface area (Å²) in [4.78, 5) is 11.4. The number of carbonyl (C=O) groups excluding carboxylic acids is 1. The van der Waals surface area contributed by atoms with E-state index in [1.165, 1.54) is 0 Å². The molecule has 76 valence electrons. The van der Waals surface area contributed by atoms with Gasteiger partial charge in [0.15, 0.2) is 0 Å². The summed E-state index contributed by atoms with van der Waals surface area (Å²) < 4.78 is 0. The quantitative estimate of drug-likeness (QED) is 0.681. The number of carbonyl (C=O) groups is 1. The Balaban J connectivity index is 2.20. The topological polar surface area (TPSA) is 55.1 Å². The number of nitrogens with one attached hydrogen (secondary N) is 1. The third kappa shape index (κ3) is 3.35. The minimum absolute atomic E-state index is 0.0922. The molecule has 0 aromatic rings. The zero-order valence-corrected chi connectivity index (χ0v) is 8.71. The Morgan fingerprint density at radius 3 is 2.46 bits per heavy atom. The minimum atomic E-state index is 0.0922. The number of nitrogens with two attached hydrogens (primary N) is 1. The second-order valence-corrected chi connectivity index (χ2v) is 4.55. The molecule has 3 unspecified atom stereocenters. The van der Waals surface area contributed by atoms with Crippen molar-refractivity contribution in [2.45, 2.75) is 45.7 Å². The van der Waals surface area contributed by atoms with Gasteiger partial charge < -0.3 is 11.1 Å². The lowest BCUT2D eigenvalue weighted by Crippen LogP contribution is -2.35. The van der Waals surface area contributed by atoms with Crippen LogP contribution < -0.4 is 11.1 Å². The van der Waals surface area contributed by atoms with E-state index >= 15 is 0 Å². The van der Waals surface area contributed by atoms with Crippen LogP contribution in [0.2, 0.25) is 0 Å². The fraction of sp³-hybridized carbons (Fsp3) is 0.900. The zero-order valence-electron chi connectivity index (χ0n) is 8.71. The third-order valence-electron chi connectivity index (χ3n) is 2.39. The molecule has 3 nitrogen and oxygen atoms in total. The van der Waals surface area contributed by atoms with Gasteiger partial charge in [-0.15, -0.1) is 0 Å². The summed E-state index contributed by atoms with van der Waals surface area (Å²) >= 11 is 0. The second-order valence-electron chi connectivity index (χ2n) is 4.55. The molecule has 1 rings (SSSR count). The SMILES string of the molecule is CC(C)CC(C)NC(=O)C1CC1N. The van der Waals surface area contributed by atoms with E-state index in [1.54, 1.807) is 0 Å². The first-order valence-corrected chi connectivity index (χ1v) is 5.06. The standard InChI is InChI=1S/C10H20N2O/c1-6(2)4-7(3)12-10(13)8-5-9(8)11/h6-9H,4-5,11H2,1-3H3,(H,12,13). The van der Waals surface area contributed by atoms with Crippen molar-refractivity contribution in [2.75, 3.05) is 0 Å². The third-order valence-corrected chi connectivity index (χ3v) is 2.39. The maximum absolute atomic E-state index is 11.4. The van der Waals surface area contributed by atoms with Crippen LogP contribution in [-0.2, 0) is 4.79 Å². The number of rotatable bonds is 4. The molecule has 0 aromatic carbocycles. The van der Waals surface area contributed by atoms with Gasteiger partial charge in [0, 0.05) is 12.1 Å². The van der Waals surface area contributed by atoms with Crippen molar-refractivity contribution in [1.29, 1.82) is 0 Å². The summed E-state index contributed by atoms with van der Waals surface area (Å²) in [5, 5.41) is 2.98. The molecule has 0 radical (unpaired) electrons. The van der Waals surface area contributed by atoms with Crippen molar-refractivity contribution in [2.24, 2.45) is 17.6 Å². The largest absolute Gasteiger partial charge is 0.353 e. The van der Waals surface area contributed by atoms with Gasteiger partial charge in [0.1, 0.15) is 0 Å². The van der Waals surface area contributed by atoms with E-state index in [1.807, 2.05) is 6.92 Å². The molecule has 1 aliphatic rings. The molecular weight excluding hydrogens is 164 g/mol. The Hall–Kier alpha value is -0.570. The summed E-state index contributed by atoms with van der Waals surface area (Å²) in [5.41, 5.74) is 5.58. The molecule has 3 atom stereocenters. The molecule has 13 heavy (non-hydrogen) atoms. The lowest BCUT2D eigenvalue weighted by molar-refractivity contribution is -0.123. The molecule has 3 N–H and O–H groups in total. The van der Waals surface area contributed by atoms with Crippen LogP contribution in [0.15, 0.2) is 0 Å². The van der Waals surface area contributed by atoms with E-state index in [9.17, 15) is 4.79 Å². The molecule has 0 aliphatic heterocycles. The predicted molar refractivity (Wildman–Crippen MR) is 53.1 cm³/mol. The van der Waals surface area contributed by atoms with Gasteiger partial charge in [0.2, 0.25) is 5.91 Å². The first kappa shape index (κ1) is 10.5. The maximum Gasteiger partial charge on any atom is 0.224 e. The fourth-order valence-corrected chi connectivity index (χ4v) is 1.63. The van der Waals surface area contributed by atoms with E-state index in [2.05, 4.69) is 19.2 Å². The Morgan fingerprint density at radius 1 is 1.54 bits per heavy atom. The zero-order chi connectivity index (χ0) is 10.0. The highest BCUT2D eigenvalue weighted by molar-refractivity contribution is 5.82. The lowest BCUT2D eigenvalue weighted by atomic mass is 10.1. The van der Waals surface area contributed by atoms with Gasteiger partial charge in [-0.2, -0.15) is 0 Å². The summed E-state index contributed by atoms with van der Waals surface area (Å²) in [5.74, 6) is 0.860. The highest BCUT2D eigenvalue weighted by atomic mass is 16.2. The molecule has 1 saturated carbocycles. The molecule has 0 spiro atoms. The summed E-state index contributed by atoms with van der Waals surface area (Å²) in [6.45, 7) is 6.36. The van der Waals surface area contributed by atoms with E-state index in [4.69, 9.17) is 5.73 Å². The van der Waals surface area contributed by atoms with Crippen LogP contribution in [0, 0.1) is 11.8 Å². The van der Waals surface area contributed by atoms with Crippen molar-refractivity contribution in [1.82, 2.24) is 5.32 Å². The summed E-state index contributed by atoms with van der Waals surface area (Å²) in [6.07, 6.45) is 1.90. The van der Waals surface area contributed by atoms with Gasteiger partial charge in [0.25, 0.3) is 0 Å². The van der Waals surface area contributed by atoms with Crippen molar-refractivity contribution in [3.05, 3.63) is 0 Å². The van der Waals surface area contributed by atoms with Gasteiger partial charge in [-0.25, -0.2) is 0 Å². The van der Waals surface area contributed by atoms with Crippen LogP contribution in [0.3, 0.4) is 0 Å². The van der Waals surface area contributed by atoms with Crippen molar-refractivity contribution < 1.29 is 4.79 Å². The average molecular weight is 184 g/mol. The van der Waals surface area contributed by atoms with E-state index in [0.717, 1.165) is 12.8 Å². The number of hydrogen-bond acceptors (Lipinski definition) is 2. The van der Waals surface area contributed by atoms with Gasteiger partial charge in [-0.3, -0.25) is 4.79 Å². The van der Waals surface area contributed by atoms with Crippen molar-refractivity contribution in [3.8, 4) is 0 Å². The summed E-state index contributed by atoms with van der Waals surface area (Å²) in [7, 11) is 0. The fourth-order valence-electron chi connectivity index (χ4n) is 1.63. The Bertz CT molecular complexity index is 191. The smallest absolute Gasteiger partial charge is 0.224 e. The summed E-state index contributed by atoms with van der Waals surface area (Å²) in [6, 6.07) is 0.395. The average Bonchev–Trinajstić information content (AvgIpc) is 2.64. The molecule has 3 heteroatoms. The normalized spacial score (nSPS) is 28.7.